The molecule has 0 amide bonds. The maximum absolute atomic E-state index is 6.20. The lowest BCUT2D eigenvalue weighted by Gasteiger charge is -2.10. The molecule has 15 heavy (non-hydrogen) atoms. The SMILES string of the molecule is Cc1cc(C(N)c2cccnc2)c(C)s1. The lowest BCUT2D eigenvalue weighted by molar-refractivity contribution is 0.860. The van der Waals surface area contributed by atoms with Crippen molar-refractivity contribution >= 4 is 11.3 Å². The standard InChI is InChI=1S/C12H14N2S/c1-8-6-11(9(2)15-8)12(13)10-4-3-5-14-7-10/h3-7,12H,13H2,1-2H3. The Hall–Kier alpha value is -1.19. The number of aryl methyl sites for hydroxylation is 2. The Bertz CT molecular complexity index is 448. The van der Waals surface area contributed by atoms with Gasteiger partial charge in [0.05, 0.1) is 6.04 Å². The van der Waals surface area contributed by atoms with Crippen LogP contribution in [0.4, 0.5) is 0 Å². The molecule has 0 fully saturated rings. The largest absolute Gasteiger partial charge is 0.320 e. The fourth-order valence-corrected chi connectivity index (χ4v) is 2.67. The monoisotopic (exact) mass is 218 g/mol. The summed E-state index contributed by atoms with van der Waals surface area (Å²) < 4.78 is 0. The first-order valence-corrected chi connectivity index (χ1v) is 5.72. The summed E-state index contributed by atoms with van der Waals surface area (Å²) in [6.45, 7) is 4.22. The van der Waals surface area contributed by atoms with Crippen LogP contribution in [0.25, 0.3) is 0 Å². The number of nitrogens with zero attached hydrogens (tertiary/aromatic N) is 1. The van der Waals surface area contributed by atoms with E-state index in [0.717, 1.165) is 5.56 Å². The van der Waals surface area contributed by atoms with Crippen LogP contribution in [0.15, 0.2) is 30.6 Å². The number of pyridine rings is 1. The van der Waals surface area contributed by atoms with Crippen LogP contribution in [0.5, 0.6) is 0 Å². The Labute approximate surface area is 93.8 Å². The van der Waals surface area contributed by atoms with Gasteiger partial charge < -0.3 is 5.73 Å². The quantitative estimate of drug-likeness (QED) is 0.841. The predicted octanol–water partition coefficient (Wildman–Crippen LogP) is 2.81. The van der Waals surface area contributed by atoms with E-state index in [1.165, 1.54) is 15.3 Å². The third kappa shape index (κ3) is 2.08. The fraction of sp³-hybridized carbons (Fsp3) is 0.250. The van der Waals surface area contributed by atoms with E-state index >= 15 is 0 Å². The molecule has 0 aliphatic carbocycles. The third-order valence-corrected chi connectivity index (χ3v) is 3.44. The van der Waals surface area contributed by atoms with Crippen molar-refractivity contribution in [2.24, 2.45) is 5.73 Å². The van der Waals surface area contributed by atoms with E-state index in [9.17, 15) is 0 Å². The first-order chi connectivity index (χ1) is 7.18. The van der Waals surface area contributed by atoms with Crippen LogP contribution in [0.3, 0.4) is 0 Å². The number of hydrogen-bond acceptors (Lipinski definition) is 3. The van der Waals surface area contributed by atoms with Gasteiger partial charge in [0.1, 0.15) is 0 Å². The van der Waals surface area contributed by atoms with Crippen LogP contribution in [0.1, 0.15) is 26.9 Å². The van der Waals surface area contributed by atoms with E-state index in [-0.39, 0.29) is 6.04 Å². The summed E-state index contributed by atoms with van der Waals surface area (Å²) in [4.78, 5) is 6.69. The summed E-state index contributed by atoms with van der Waals surface area (Å²) in [7, 11) is 0. The maximum Gasteiger partial charge on any atom is 0.0577 e. The lowest BCUT2D eigenvalue weighted by atomic mass is 10.0. The van der Waals surface area contributed by atoms with Crippen molar-refractivity contribution in [1.29, 1.82) is 0 Å². The normalized spacial score (nSPS) is 12.7. The average Bonchev–Trinajstić information content (AvgIpc) is 2.58. The van der Waals surface area contributed by atoms with Gasteiger partial charge in [0.15, 0.2) is 0 Å². The van der Waals surface area contributed by atoms with Gasteiger partial charge in [-0.2, -0.15) is 0 Å². The van der Waals surface area contributed by atoms with Crippen molar-refractivity contribution in [2.45, 2.75) is 19.9 Å². The molecule has 0 spiro atoms. The summed E-state index contributed by atoms with van der Waals surface area (Å²) in [5.74, 6) is 0. The fourth-order valence-electron chi connectivity index (χ4n) is 1.70. The minimum atomic E-state index is -0.0522. The second kappa shape index (κ2) is 4.13. The van der Waals surface area contributed by atoms with Gasteiger partial charge in [0.2, 0.25) is 0 Å². The number of aromatic nitrogens is 1. The topological polar surface area (TPSA) is 38.9 Å². The second-order valence-electron chi connectivity index (χ2n) is 3.63. The molecule has 1 unspecified atom stereocenters. The van der Waals surface area contributed by atoms with Gasteiger partial charge in [-0.05, 0) is 37.1 Å². The van der Waals surface area contributed by atoms with Crippen LogP contribution in [0.2, 0.25) is 0 Å². The molecule has 2 aromatic heterocycles. The molecule has 0 aromatic carbocycles. The molecule has 3 heteroatoms. The van der Waals surface area contributed by atoms with Gasteiger partial charge >= 0.3 is 0 Å². The second-order valence-corrected chi connectivity index (χ2v) is 5.09. The Morgan fingerprint density at radius 2 is 2.20 bits per heavy atom. The van der Waals surface area contributed by atoms with E-state index in [2.05, 4.69) is 24.9 Å². The summed E-state index contributed by atoms with van der Waals surface area (Å²) in [5, 5.41) is 0. The maximum atomic E-state index is 6.20. The molecule has 2 heterocycles. The van der Waals surface area contributed by atoms with Crippen molar-refractivity contribution in [3.63, 3.8) is 0 Å². The summed E-state index contributed by atoms with van der Waals surface area (Å²) in [5.41, 5.74) is 8.48. The van der Waals surface area contributed by atoms with E-state index in [1.54, 1.807) is 17.5 Å². The number of rotatable bonds is 2. The van der Waals surface area contributed by atoms with Gasteiger partial charge in [-0.15, -0.1) is 11.3 Å². The number of nitrogens with two attached hydrogens (primary N) is 1. The van der Waals surface area contributed by atoms with Crippen LogP contribution >= 0.6 is 11.3 Å². The Morgan fingerprint density at radius 3 is 2.73 bits per heavy atom. The summed E-state index contributed by atoms with van der Waals surface area (Å²) in [6.07, 6.45) is 3.60. The molecule has 0 aliphatic rings. The van der Waals surface area contributed by atoms with E-state index in [0.29, 0.717) is 0 Å². The lowest BCUT2D eigenvalue weighted by Crippen LogP contribution is -2.12. The van der Waals surface area contributed by atoms with E-state index in [4.69, 9.17) is 5.73 Å². The molecular formula is C12H14N2S. The molecule has 2 nitrogen and oxygen atoms in total. The minimum Gasteiger partial charge on any atom is -0.320 e. The van der Waals surface area contributed by atoms with Crippen molar-refractivity contribution in [2.75, 3.05) is 0 Å². The molecular weight excluding hydrogens is 204 g/mol. The summed E-state index contributed by atoms with van der Waals surface area (Å²) >= 11 is 1.79. The molecule has 0 saturated heterocycles. The average molecular weight is 218 g/mol. The van der Waals surface area contributed by atoms with Gasteiger partial charge in [0, 0.05) is 22.1 Å². The molecule has 0 radical (unpaired) electrons. The molecule has 0 bridgehead atoms. The smallest absolute Gasteiger partial charge is 0.0577 e. The van der Waals surface area contributed by atoms with Crippen molar-refractivity contribution in [1.82, 2.24) is 4.98 Å². The zero-order valence-corrected chi connectivity index (χ0v) is 9.71. The van der Waals surface area contributed by atoms with Gasteiger partial charge in [-0.1, -0.05) is 6.07 Å². The molecule has 0 saturated carbocycles. The van der Waals surface area contributed by atoms with Crippen molar-refractivity contribution in [3.8, 4) is 0 Å². The summed E-state index contributed by atoms with van der Waals surface area (Å²) in [6, 6.07) is 6.05. The zero-order chi connectivity index (χ0) is 10.8. The number of thiophene rings is 1. The van der Waals surface area contributed by atoms with Gasteiger partial charge in [-0.25, -0.2) is 0 Å². The Balaban J connectivity index is 2.36. The van der Waals surface area contributed by atoms with Crippen LogP contribution < -0.4 is 5.73 Å². The van der Waals surface area contributed by atoms with Gasteiger partial charge in [-0.3, -0.25) is 4.98 Å². The Morgan fingerprint density at radius 1 is 1.40 bits per heavy atom. The highest BCUT2D eigenvalue weighted by atomic mass is 32.1. The highest BCUT2D eigenvalue weighted by molar-refractivity contribution is 7.12. The van der Waals surface area contributed by atoms with Crippen LogP contribution in [-0.4, -0.2) is 4.98 Å². The minimum absolute atomic E-state index is 0.0522. The molecule has 2 N–H and O–H groups in total. The van der Waals surface area contributed by atoms with Crippen molar-refractivity contribution < 1.29 is 0 Å². The first kappa shape index (κ1) is 10.3. The first-order valence-electron chi connectivity index (χ1n) is 4.91. The predicted molar refractivity (Wildman–Crippen MR) is 64.1 cm³/mol. The zero-order valence-electron chi connectivity index (χ0n) is 8.90. The van der Waals surface area contributed by atoms with Crippen LogP contribution in [0, 0.1) is 13.8 Å². The van der Waals surface area contributed by atoms with E-state index in [1.807, 2.05) is 18.3 Å². The molecule has 2 aromatic rings. The van der Waals surface area contributed by atoms with Gasteiger partial charge in [0.25, 0.3) is 0 Å². The molecule has 78 valence electrons. The van der Waals surface area contributed by atoms with E-state index < -0.39 is 0 Å². The Kier molecular flexibility index (Phi) is 2.84. The van der Waals surface area contributed by atoms with Crippen LogP contribution in [-0.2, 0) is 0 Å². The highest BCUT2D eigenvalue weighted by Gasteiger charge is 2.13. The van der Waals surface area contributed by atoms with Crippen molar-refractivity contribution in [3.05, 3.63) is 51.5 Å². The molecule has 2 rings (SSSR count). The number of hydrogen-bond donors (Lipinski definition) is 1. The highest BCUT2D eigenvalue weighted by Crippen LogP contribution is 2.28. The molecule has 1 atom stereocenters. The molecule has 0 aliphatic heterocycles. The third-order valence-electron chi connectivity index (χ3n) is 2.46.